The van der Waals surface area contributed by atoms with Crippen LogP contribution in [0.3, 0.4) is 0 Å². The van der Waals surface area contributed by atoms with E-state index in [0.717, 1.165) is 10.7 Å². The fourth-order valence-electron chi connectivity index (χ4n) is 2.25. The normalized spacial score (nSPS) is 14.2. The number of fused-ring (bicyclic) bond motifs is 1. The SMILES string of the molecule is CC(C)c1nc(CN2C(=O)C(=O)c3ccc(Cl)cc32)cs1. The fourth-order valence-corrected chi connectivity index (χ4v) is 3.24. The highest BCUT2D eigenvalue weighted by atomic mass is 35.5. The third kappa shape index (κ3) is 2.47. The second kappa shape index (κ2) is 5.24. The molecular weight excluding hydrogens is 308 g/mol. The van der Waals surface area contributed by atoms with Crippen LogP contribution in [0.2, 0.25) is 5.02 Å². The van der Waals surface area contributed by atoms with Gasteiger partial charge < -0.3 is 0 Å². The Hall–Kier alpha value is -1.72. The summed E-state index contributed by atoms with van der Waals surface area (Å²) in [5.74, 6) is -0.659. The zero-order valence-electron chi connectivity index (χ0n) is 11.6. The third-order valence-corrected chi connectivity index (χ3v) is 4.75. The third-order valence-electron chi connectivity index (χ3n) is 3.32. The number of carbonyl (C=O) groups is 2. The van der Waals surface area contributed by atoms with E-state index in [1.54, 1.807) is 29.5 Å². The van der Waals surface area contributed by atoms with Gasteiger partial charge in [-0.2, -0.15) is 0 Å². The number of anilines is 1. The molecule has 0 radical (unpaired) electrons. The Morgan fingerprint density at radius 1 is 1.33 bits per heavy atom. The molecule has 1 aromatic heterocycles. The van der Waals surface area contributed by atoms with Crippen molar-refractivity contribution in [3.05, 3.63) is 44.9 Å². The molecule has 2 heterocycles. The van der Waals surface area contributed by atoms with Crippen molar-refractivity contribution in [1.29, 1.82) is 0 Å². The average molecular weight is 321 g/mol. The number of nitrogens with zero attached hydrogens (tertiary/aromatic N) is 2. The van der Waals surface area contributed by atoms with E-state index in [0.29, 0.717) is 28.7 Å². The monoisotopic (exact) mass is 320 g/mol. The molecule has 2 aromatic rings. The number of carbonyl (C=O) groups excluding carboxylic acids is 2. The van der Waals surface area contributed by atoms with Crippen molar-refractivity contribution in [2.45, 2.75) is 26.3 Å². The van der Waals surface area contributed by atoms with Gasteiger partial charge in [0, 0.05) is 16.3 Å². The molecular formula is C15H13ClN2O2S. The van der Waals surface area contributed by atoms with Crippen LogP contribution in [0.25, 0.3) is 0 Å². The highest BCUT2D eigenvalue weighted by Gasteiger charge is 2.36. The summed E-state index contributed by atoms with van der Waals surface area (Å²) in [5.41, 5.74) is 1.76. The van der Waals surface area contributed by atoms with Crippen LogP contribution in [-0.4, -0.2) is 16.7 Å². The highest BCUT2D eigenvalue weighted by molar-refractivity contribution is 7.09. The zero-order valence-corrected chi connectivity index (χ0v) is 13.2. The first-order valence-electron chi connectivity index (χ1n) is 6.57. The molecule has 0 saturated heterocycles. The Labute approximate surface area is 131 Å². The summed E-state index contributed by atoms with van der Waals surface area (Å²) in [4.78, 5) is 30.1. The van der Waals surface area contributed by atoms with Gasteiger partial charge in [0.25, 0.3) is 11.7 Å². The van der Waals surface area contributed by atoms with Crippen LogP contribution in [-0.2, 0) is 11.3 Å². The number of amides is 1. The molecule has 1 amide bonds. The van der Waals surface area contributed by atoms with E-state index in [1.165, 1.54) is 4.90 Å². The molecule has 108 valence electrons. The predicted octanol–water partition coefficient (Wildman–Crippen LogP) is 3.65. The first kappa shape index (κ1) is 14.2. The fraction of sp³-hybridized carbons (Fsp3) is 0.267. The van der Waals surface area contributed by atoms with E-state index in [2.05, 4.69) is 18.8 Å². The van der Waals surface area contributed by atoms with Crippen molar-refractivity contribution >= 4 is 40.3 Å². The number of hydrogen-bond acceptors (Lipinski definition) is 4. The maximum absolute atomic E-state index is 12.1. The zero-order chi connectivity index (χ0) is 15.1. The Balaban J connectivity index is 1.94. The number of thiazole rings is 1. The molecule has 1 aromatic carbocycles. The maximum atomic E-state index is 12.1. The summed E-state index contributed by atoms with van der Waals surface area (Å²) in [5, 5.41) is 3.45. The van der Waals surface area contributed by atoms with E-state index < -0.39 is 11.7 Å². The standard InChI is InChI=1S/C15H13ClN2O2S/c1-8(2)14-17-10(7-21-14)6-18-12-5-9(16)3-4-11(12)13(19)15(18)20/h3-5,7-8H,6H2,1-2H3. The molecule has 1 aliphatic heterocycles. The number of ketones is 1. The lowest BCUT2D eigenvalue weighted by Gasteiger charge is -2.15. The maximum Gasteiger partial charge on any atom is 0.299 e. The van der Waals surface area contributed by atoms with Crippen LogP contribution in [0.5, 0.6) is 0 Å². The minimum atomic E-state index is -0.522. The van der Waals surface area contributed by atoms with E-state index in [-0.39, 0.29) is 0 Å². The average Bonchev–Trinajstić information content (AvgIpc) is 2.99. The molecule has 6 heteroatoms. The van der Waals surface area contributed by atoms with Crippen molar-refractivity contribution in [1.82, 2.24) is 4.98 Å². The van der Waals surface area contributed by atoms with Gasteiger partial charge in [0.15, 0.2) is 0 Å². The quantitative estimate of drug-likeness (QED) is 0.811. The molecule has 0 N–H and O–H groups in total. The lowest BCUT2D eigenvalue weighted by Crippen LogP contribution is -2.29. The lowest BCUT2D eigenvalue weighted by molar-refractivity contribution is -0.114. The van der Waals surface area contributed by atoms with Crippen molar-refractivity contribution in [2.24, 2.45) is 0 Å². The van der Waals surface area contributed by atoms with Crippen LogP contribution in [0.4, 0.5) is 5.69 Å². The summed E-state index contributed by atoms with van der Waals surface area (Å²) in [6.07, 6.45) is 0. The van der Waals surface area contributed by atoms with Crippen LogP contribution >= 0.6 is 22.9 Å². The topological polar surface area (TPSA) is 50.3 Å². The Morgan fingerprint density at radius 3 is 2.76 bits per heavy atom. The van der Waals surface area contributed by atoms with Gasteiger partial charge in [-0.05, 0) is 18.2 Å². The molecule has 0 unspecified atom stereocenters. The first-order valence-corrected chi connectivity index (χ1v) is 7.83. The van der Waals surface area contributed by atoms with Crippen molar-refractivity contribution in [2.75, 3.05) is 4.90 Å². The van der Waals surface area contributed by atoms with Crippen LogP contribution in [0.1, 0.15) is 40.8 Å². The summed E-state index contributed by atoms with van der Waals surface area (Å²) < 4.78 is 0. The minimum Gasteiger partial charge on any atom is -0.299 e. The highest BCUT2D eigenvalue weighted by Crippen LogP contribution is 2.33. The van der Waals surface area contributed by atoms with Crippen LogP contribution < -0.4 is 4.90 Å². The number of Topliss-reactive ketones (excluding diaryl/α,β-unsaturated/α-hetero) is 1. The predicted molar refractivity (Wildman–Crippen MR) is 83.2 cm³/mol. The molecule has 0 bridgehead atoms. The molecule has 4 nitrogen and oxygen atoms in total. The summed E-state index contributed by atoms with van der Waals surface area (Å²) in [7, 11) is 0. The minimum absolute atomic E-state index is 0.293. The van der Waals surface area contributed by atoms with E-state index in [4.69, 9.17) is 11.6 Å². The summed E-state index contributed by atoms with van der Waals surface area (Å²) in [6, 6.07) is 4.86. The molecule has 1 aliphatic rings. The molecule has 21 heavy (non-hydrogen) atoms. The summed E-state index contributed by atoms with van der Waals surface area (Å²) >= 11 is 7.54. The smallest absolute Gasteiger partial charge is 0.299 e. The first-order chi connectivity index (χ1) is 9.97. The molecule has 0 spiro atoms. The van der Waals surface area contributed by atoms with Gasteiger partial charge >= 0.3 is 0 Å². The van der Waals surface area contributed by atoms with Crippen molar-refractivity contribution < 1.29 is 9.59 Å². The van der Waals surface area contributed by atoms with Gasteiger partial charge in [-0.3, -0.25) is 14.5 Å². The van der Waals surface area contributed by atoms with E-state index >= 15 is 0 Å². The van der Waals surface area contributed by atoms with Crippen LogP contribution in [0.15, 0.2) is 23.6 Å². The Bertz CT molecular complexity index is 739. The van der Waals surface area contributed by atoms with E-state index in [9.17, 15) is 9.59 Å². The number of rotatable bonds is 3. The van der Waals surface area contributed by atoms with Gasteiger partial charge in [-0.1, -0.05) is 25.4 Å². The molecule has 0 atom stereocenters. The van der Waals surface area contributed by atoms with Gasteiger partial charge in [0.05, 0.1) is 28.5 Å². The Morgan fingerprint density at radius 2 is 2.10 bits per heavy atom. The second-order valence-corrected chi connectivity index (χ2v) is 6.54. The summed E-state index contributed by atoms with van der Waals surface area (Å²) in [6.45, 7) is 4.44. The molecule has 0 fully saturated rings. The van der Waals surface area contributed by atoms with Crippen molar-refractivity contribution in [3.8, 4) is 0 Å². The second-order valence-electron chi connectivity index (χ2n) is 5.21. The van der Waals surface area contributed by atoms with Gasteiger partial charge in [0.2, 0.25) is 0 Å². The molecule has 0 aliphatic carbocycles. The number of halogens is 1. The Kier molecular flexibility index (Phi) is 3.55. The van der Waals surface area contributed by atoms with Gasteiger partial charge in [-0.15, -0.1) is 11.3 Å². The van der Waals surface area contributed by atoms with Gasteiger partial charge in [-0.25, -0.2) is 4.98 Å². The largest absolute Gasteiger partial charge is 0.299 e. The van der Waals surface area contributed by atoms with E-state index in [1.807, 2.05) is 5.38 Å². The molecule has 3 rings (SSSR count). The lowest BCUT2D eigenvalue weighted by atomic mass is 10.1. The number of hydrogen-bond donors (Lipinski definition) is 0. The molecule has 0 saturated carbocycles. The van der Waals surface area contributed by atoms with Crippen LogP contribution in [0, 0.1) is 0 Å². The number of benzene rings is 1. The number of aromatic nitrogens is 1. The van der Waals surface area contributed by atoms with Gasteiger partial charge in [0.1, 0.15) is 0 Å². The van der Waals surface area contributed by atoms with Crippen molar-refractivity contribution in [3.63, 3.8) is 0 Å².